The molecule has 1 aliphatic carbocycles. The van der Waals surface area contributed by atoms with Gasteiger partial charge in [0.25, 0.3) is 0 Å². The van der Waals surface area contributed by atoms with Crippen molar-refractivity contribution in [1.29, 1.82) is 5.41 Å². The number of allylic oxidation sites excluding steroid dienone is 2. The first-order valence-electron chi connectivity index (χ1n) is 2.81. The molecule has 1 aliphatic rings. The first-order chi connectivity index (χ1) is 4.34. The summed E-state index contributed by atoms with van der Waals surface area (Å²) in [4.78, 5) is 0. The largest absolute Gasteiger partial charge is 0.410 e. The van der Waals surface area contributed by atoms with Gasteiger partial charge in [0.15, 0.2) is 0 Å². The molecule has 0 radical (unpaired) electrons. The van der Waals surface area contributed by atoms with Crippen LogP contribution in [0.5, 0.6) is 0 Å². The lowest BCUT2D eigenvalue weighted by Gasteiger charge is -2.04. The van der Waals surface area contributed by atoms with E-state index in [0.29, 0.717) is 17.8 Å². The van der Waals surface area contributed by atoms with Crippen LogP contribution < -0.4 is 0 Å². The Bertz CT molecular complexity index is 181. The lowest BCUT2D eigenvalue weighted by molar-refractivity contribution is 0.320. The molecule has 0 saturated heterocycles. The van der Waals surface area contributed by atoms with E-state index < -0.39 is 0 Å². The standard InChI is InChI=1S/C6H8N2O/c7-5-3-1-2-4-6(5)8-9/h2,4,7,9H,1,3H2. The van der Waals surface area contributed by atoms with Crippen molar-refractivity contribution in [2.75, 3.05) is 0 Å². The molecular formula is C6H8N2O. The van der Waals surface area contributed by atoms with Crippen molar-refractivity contribution in [3.05, 3.63) is 12.2 Å². The molecule has 0 aromatic heterocycles. The second kappa shape index (κ2) is 2.44. The summed E-state index contributed by atoms with van der Waals surface area (Å²) < 4.78 is 0. The molecule has 0 heterocycles. The van der Waals surface area contributed by atoms with Crippen LogP contribution in [0, 0.1) is 5.41 Å². The second-order valence-electron chi connectivity index (χ2n) is 1.90. The summed E-state index contributed by atoms with van der Waals surface area (Å²) in [6.07, 6.45) is 5.13. The Labute approximate surface area is 53.2 Å². The van der Waals surface area contributed by atoms with Gasteiger partial charge in [-0.15, -0.1) is 0 Å². The lowest BCUT2D eigenvalue weighted by atomic mass is 10.0. The van der Waals surface area contributed by atoms with Crippen LogP contribution in [0.3, 0.4) is 0 Å². The summed E-state index contributed by atoms with van der Waals surface area (Å²) in [5.41, 5.74) is 0.807. The normalized spacial score (nSPS) is 23.1. The molecule has 0 bridgehead atoms. The van der Waals surface area contributed by atoms with E-state index in [1.165, 1.54) is 0 Å². The fourth-order valence-corrected chi connectivity index (χ4v) is 0.745. The molecule has 9 heavy (non-hydrogen) atoms. The Morgan fingerprint density at radius 1 is 1.67 bits per heavy atom. The molecule has 0 saturated carbocycles. The van der Waals surface area contributed by atoms with Gasteiger partial charge in [0.2, 0.25) is 0 Å². The van der Waals surface area contributed by atoms with Gasteiger partial charge in [0.05, 0.1) is 5.71 Å². The summed E-state index contributed by atoms with van der Waals surface area (Å²) in [7, 11) is 0. The lowest BCUT2D eigenvalue weighted by Crippen LogP contribution is -2.12. The Kier molecular flexibility index (Phi) is 1.63. The Hall–Kier alpha value is -1.12. The van der Waals surface area contributed by atoms with Gasteiger partial charge in [-0.1, -0.05) is 11.2 Å². The molecule has 0 spiro atoms. The van der Waals surface area contributed by atoms with Crippen LogP contribution >= 0.6 is 0 Å². The third-order valence-electron chi connectivity index (χ3n) is 1.25. The van der Waals surface area contributed by atoms with Crippen molar-refractivity contribution in [2.45, 2.75) is 12.8 Å². The molecule has 0 atom stereocenters. The zero-order valence-electron chi connectivity index (χ0n) is 4.96. The highest BCUT2D eigenvalue weighted by atomic mass is 16.4. The van der Waals surface area contributed by atoms with Crippen molar-refractivity contribution in [3.63, 3.8) is 0 Å². The summed E-state index contributed by atoms with van der Waals surface area (Å²) in [6.45, 7) is 0. The van der Waals surface area contributed by atoms with Crippen LogP contribution in [0.1, 0.15) is 12.8 Å². The predicted molar refractivity (Wildman–Crippen MR) is 35.3 cm³/mol. The van der Waals surface area contributed by atoms with E-state index in [4.69, 9.17) is 10.6 Å². The second-order valence-corrected chi connectivity index (χ2v) is 1.90. The molecular weight excluding hydrogens is 116 g/mol. The van der Waals surface area contributed by atoms with Gasteiger partial charge < -0.3 is 10.6 Å². The van der Waals surface area contributed by atoms with Crippen molar-refractivity contribution in [2.24, 2.45) is 5.16 Å². The van der Waals surface area contributed by atoms with E-state index in [-0.39, 0.29) is 0 Å². The molecule has 0 fully saturated rings. The minimum Gasteiger partial charge on any atom is -0.410 e. The van der Waals surface area contributed by atoms with Crippen molar-refractivity contribution >= 4 is 11.4 Å². The molecule has 0 aliphatic heterocycles. The monoisotopic (exact) mass is 124 g/mol. The van der Waals surface area contributed by atoms with Crippen molar-refractivity contribution in [3.8, 4) is 0 Å². The van der Waals surface area contributed by atoms with Crippen molar-refractivity contribution in [1.82, 2.24) is 0 Å². The molecule has 3 nitrogen and oxygen atoms in total. The minimum absolute atomic E-state index is 0.390. The molecule has 0 amide bonds. The van der Waals surface area contributed by atoms with Crippen molar-refractivity contribution < 1.29 is 5.21 Å². The van der Waals surface area contributed by atoms with Gasteiger partial charge in [0.1, 0.15) is 5.71 Å². The Morgan fingerprint density at radius 2 is 2.44 bits per heavy atom. The molecule has 0 aromatic carbocycles. The zero-order chi connectivity index (χ0) is 6.69. The first kappa shape index (κ1) is 6.01. The summed E-state index contributed by atoms with van der Waals surface area (Å²) in [5.74, 6) is 0. The highest BCUT2D eigenvalue weighted by molar-refractivity contribution is 6.45. The van der Waals surface area contributed by atoms with Gasteiger partial charge in [0, 0.05) is 0 Å². The van der Waals surface area contributed by atoms with Gasteiger partial charge in [-0.2, -0.15) is 0 Å². The van der Waals surface area contributed by atoms with Gasteiger partial charge in [-0.05, 0) is 18.9 Å². The molecule has 2 N–H and O–H groups in total. The third kappa shape index (κ3) is 1.16. The molecule has 1 rings (SSSR count). The van der Waals surface area contributed by atoms with Gasteiger partial charge in [-0.3, -0.25) is 0 Å². The fourth-order valence-electron chi connectivity index (χ4n) is 0.745. The van der Waals surface area contributed by atoms with Crippen LogP contribution in [0.25, 0.3) is 0 Å². The van der Waals surface area contributed by atoms with E-state index in [1.807, 2.05) is 6.08 Å². The molecule has 48 valence electrons. The number of hydrogen-bond donors (Lipinski definition) is 2. The molecule has 0 aromatic rings. The average Bonchev–Trinajstić information content (AvgIpc) is 1.89. The summed E-state index contributed by atoms with van der Waals surface area (Å²) >= 11 is 0. The van der Waals surface area contributed by atoms with E-state index in [1.54, 1.807) is 6.08 Å². The number of nitrogens with zero attached hydrogens (tertiary/aromatic N) is 1. The number of oxime groups is 1. The molecule has 3 heteroatoms. The Morgan fingerprint density at radius 3 is 2.89 bits per heavy atom. The smallest absolute Gasteiger partial charge is 0.123 e. The maximum Gasteiger partial charge on any atom is 0.123 e. The van der Waals surface area contributed by atoms with Crippen LogP contribution in [-0.4, -0.2) is 16.6 Å². The third-order valence-corrected chi connectivity index (χ3v) is 1.25. The molecule has 0 unspecified atom stereocenters. The number of hydrogen-bond acceptors (Lipinski definition) is 3. The zero-order valence-corrected chi connectivity index (χ0v) is 4.96. The van der Waals surface area contributed by atoms with Gasteiger partial charge in [-0.25, -0.2) is 0 Å². The van der Waals surface area contributed by atoms with E-state index in [2.05, 4.69) is 5.16 Å². The van der Waals surface area contributed by atoms with E-state index in [9.17, 15) is 0 Å². The summed E-state index contributed by atoms with van der Waals surface area (Å²) in [5, 5.41) is 18.4. The first-order valence-corrected chi connectivity index (χ1v) is 2.81. The van der Waals surface area contributed by atoms with Crippen LogP contribution in [0.4, 0.5) is 0 Å². The SMILES string of the molecule is N=C1CCC=CC1=NO. The van der Waals surface area contributed by atoms with E-state index in [0.717, 1.165) is 6.42 Å². The highest BCUT2D eigenvalue weighted by Crippen LogP contribution is 2.03. The van der Waals surface area contributed by atoms with Crippen LogP contribution in [0.2, 0.25) is 0 Å². The topological polar surface area (TPSA) is 56.4 Å². The number of rotatable bonds is 0. The van der Waals surface area contributed by atoms with Crippen LogP contribution in [0.15, 0.2) is 17.3 Å². The average molecular weight is 124 g/mol. The van der Waals surface area contributed by atoms with Gasteiger partial charge >= 0.3 is 0 Å². The summed E-state index contributed by atoms with van der Waals surface area (Å²) in [6, 6.07) is 0. The highest BCUT2D eigenvalue weighted by Gasteiger charge is 2.06. The maximum atomic E-state index is 8.26. The quantitative estimate of drug-likeness (QED) is 0.370. The maximum absolute atomic E-state index is 8.26. The Balaban J connectivity index is 2.81. The predicted octanol–water partition coefficient (Wildman–Crippen LogP) is 1.19. The fraction of sp³-hybridized carbons (Fsp3) is 0.333. The van der Waals surface area contributed by atoms with E-state index >= 15 is 0 Å². The number of nitrogens with one attached hydrogen (secondary N) is 1. The minimum atomic E-state index is 0.390. The van der Waals surface area contributed by atoms with Crippen LogP contribution in [-0.2, 0) is 0 Å².